The lowest BCUT2D eigenvalue weighted by molar-refractivity contribution is 0.215. The SMILES string of the molecule is CCC(C)Oc1cc(C)ccc1CNC(=NC)NCc1ccnn1C. The highest BCUT2D eigenvalue weighted by atomic mass is 16.5. The van der Waals surface area contributed by atoms with Gasteiger partial charge >= 0.3 is 0 Å². The predicted molar refractivity (Wildman–Crippen MR) is 102 cm³/mol. The molecule has 0 saturated carbocycles. The second-order valence-electron chi connectivity index (χ2n) is 6.17. The number of aryl methyl sites for hydroxylation is 2. The van der Waals surface area contributed by atoms with Crippen molar-refractivity contribution in [2.24, 2.45) is 12.0 Å². The largest absolute Gasteiger partial charge is 0.490 e. The van der Waals surface area contributed by atoms with Crippen LogP contribution in [0.2, 0.25) is 0 Å². The van der Waals surface area contributed by atoms with E-state index in [1.807, 2.05) is 17.8 Å². The zero-order valence-corrected chi connectivity index (χ0v) is 15.8. The fourth-order valence-electron chi connectivity index (χ4n) is 2.37. The van der Waals surface area contributed by atoms with Gasteiger partial charge in [-0.15, -0.1) is 0 Å². The van der Waals surface area contributed by atoms with Crippen LogP contribution in [0.25, 0.3) is 0 Å². The number of ether oxygens (including phenoxy) is 1. The van der Waals surface area contributed by atoms with Crippen LogP contribution in [0.15, 0.2) is 35.5 Å². The molecule has 1 aromatic heterocycles. The third kappa shape index (κ3) is 5.52. The van der Waals surface area contributed by atoms with E-state index >= 15 is 0 Å². The van der Waals surface area contributed by atoms with Crippen molar-refractivity contribution in [3.63, 3.8) is 0 Å². The molecule has 1 heterocycles. The van der Waals surface area contributed by atoms with Crippen LogP contribution in [-0.2, 0) is 20.1 Å². The molecule has 25 heavy (non-hydrogen) atoms. The summed E-state index contributed by atoms with van der Waals surface area (Å²) in [6.45, 7) is 7.61. The molecule has 0 amide bonds. The van der Waals surface area contributed by atoms with E-state index in [0.717, 1.165) is 29.4 Å². The van der Waals surface area contributed by atoms with Crippen LogP contribution in [0.4, 0.5) is 0 Å². The van der Waals surface area contributed by atoms with Gasteiger partial charge in [0.05, 0.1) is 18.3 Å². The van der Waals surface area contributed by atoms with Gasteiger partial charge in [0.1, 0.15) is 5.75 Å². The molecule has 0 saturated heterocycles. The van der Waals surface area contributed by atoms with Gasteiger partial charge in [0, 0.05) is 32.4 Å². The highest BCUT2D eigenvalue weighted by molar-refractivity contribution is 5.79. The second kappa shape index (κ2) is 9.11. The molecule has 0 aliphatic rings. The van der Waals surface area contributed by atoms with Gasteiger partial charge in [-0.2, -0.15) is 5.10 Å². The minimum Gasteiger partial charge on any atom is -0.490 e. The minimum atomic E-state index is 0.197. The summed E-state index contributed by atoms with van der Waals surface area (Å²) in [5.74, 6) is 1.68. The van der Waals surface area contributed by atoms with Crippen LogP contribution < -0.4 is 15.4 Å². The zero-order valence-electron chi connectivity index (χ0n) is 15.8. The quantitative estimate of drug-likeness (QED) is 0.599. The average molecular weight is 343 g/mol. The summed E-state index contributed by atoms with van der Waals surface area (Å²) >= 11 is 0. The first-order chi connectivity index (χ1) is 12.0. The highest BCUT2D eigenvalue weighted by Crippen LogP contribution is 2.22. The lowest BCUT2D eigenvalue weighted by Crippen LogP contribution is -2.36. The van der Waals surface area contributed by atoms with Crippen LogP contribution in [0.5, 0.6) is 5.75 Å². The number of guanidine groups is 1. The molecule has 6 nitrogen and oxygen atoms in total. The highest BCUT2D eigenvalue weighted by Gasteiger charge is 2.09. The number of rotatable bonds is 7. The number of nitrogens with one attached hydrogen (secondary N) is 2. The number of nitrogens with zero attached hydrogens (tertiary/aromatic N) is 3. The molecule has 0 bridgehead atoms. The van der Waals surface area contributed by atoms with E-state index < -0.39 is 0 Å². The Morgan fingerprint density at radius 1 is 1.28 bits per heavy atom. The normalized spacial score (nSPS) is 12.8. The smallest absolute Gasteiger partial charge is 0.191 e. The summed E-state index contributed by atoms with van der Waals surface area (Å²) in [6, 6.07) is 8.29. The van der Waals surface area contributed by atoms with Gasteiger partial charge in [-0.1, -0.05) is 19.1 Å². The molecule has 0 spiro atoms. The third-order valence-electron chi connectivity index (χ3n) is 4.16. The Morgan fingerprint density at radius 3 is 2.68 bits per heavy atom. The van der Waals surface area contributed by atoms with Crippen LogP contribution in [0.3, 0.4) is 0 Å². The zero-order chi connectivity index (χ0) is 18.2. The second-order valence-corrected chi connectivity index (χ2v) is 6.17. The van der Waals surface area contributed by atoms with E-state index in [2.05, 4.69) is 59.7 Å². The van der Waals surface area contributed by atoms with E-state index in [4.69, 9.17) is 4.74 Å². The molecule has 0 aliphatic carbocycles. The fraction of sp³-hybridized carbons (Fsp3) is 0.474. The molecular formula is C19H29N5O. The Labute approximate surface area is 150 Å². The standard InChI is InChI=1S/C19H29N5O/c1-6-15(3)25-18-11-14(2)7-8-16(18)12-21-19(20-4)22-13-17-9-10-23-24(17)5/h7-11,15H,6,12-13H2,1-5H3,(H2,20,21,22). The topological polar surface area (TPSA) is 63.5 Å². The first-order valence-corrected chi connectivity index (χ1v) is 8.71. The Hall–Kier alpha value is -2.50. The van der Waals surface area contributed by atoms with Crippen molar-refractivity contribution in [3.05, 3.63) is 47.3 Å². The van der Waals surface area contributed by atoms with Crippen molar-refractivity contribution in [3.8, 4) is 5.75 Å². The molecule has 1 aromatic carbocycles. The molecule has 1 unspecified atom stereocenters. The average Bonchev–Trinajstić information content (AvgIpc) is 3.01. The number of hydrogen-bond donors (Lipinski definition) is 2. The van der Waals surface area contributed by atoms with Crippen molar-refractivity contribution < 1.29 is 4.74 Å². The Balaban J connectivity index is 1.97. The van der Waals surface area contributed by atoms with E-state index in [-0.39, 0.29) is 6.10 Å². The van der Waals surface area contributed by atoms with Crippen molar-refractivity contribution in [1.82, 2.24) is 20.4 Å². The molecular weight excluding hydrogens is 314 g/mol. The number of hydrogen-bond acceptors (Lipinski definition) is 3. The van der Waals surface area contributed by atoms with Gasteiger partial charge in [0.2, 0.25) is 0 Å². The molecule has 2 N–H and O–H groups in total. The molecule has 1 atom stereocenters. The molecule has 6 heteroatoms. The van der Waals surface area contributed by atoms with Crippen molar-refractivity contribution >= 4 is 5.96 Å². The predicted octanol–water partition coefficient (Wildman–Crippen LogP) is 2.77. The lowest BCUT2D eigenvalue weighted by Gasteiger charge is -2.18. The summed E-state index contributed by atoms with van der Waals surface area (Å²) in [4.78, 5) is 4.28. The van der Waals surface area contributed by atoms with Gasteiger partial charge in [0.25, 0.3) is 0 Å². The minimum absolute atomic E-state index is 0.197. The third-order valence-corrected chi connectivity index (χ3v) is 4.16. The number of aliphatic imine (C=N–C) groups is 1. The first-order valence-electron chi connectivity index (χ1n) is 8.71. The number of benzene rings is 1. The molecule has 2 rings (SSSR count). The molecule has 136 valence electrons. The summed E-state index contributed by atoms with van der Waals surface area (Å²) < 4.78 is 7.91. The molecule has 0 fully saturated rings. The molecule has 0 radical (unpaired) electrons. The summed E-state index contributed by atoms with van der Waals surface area (Å²) in [6.07, 6.45) is 2.97. The van der Waals surface area contributed by atoms with Crippen LogP contribution in [0.1, 0.15) is 37.1 Å². The number of aromatic nitrogens is 2. The maximum atomic E-state index is 6.06. The Bertz CT molecular complexity index is 708. The molecule has 2 aromatic rings. The first kappa shape index (κ1) is 18.8. The van der Waals surface area contributed by atoms with Crippen LogP contribution in [-0.4, -0.2) is 28.9 Å². The van der Waals surface area contributed by atoms with E-state index in [1.165, 1.54) is 5.56 Å². The van der Waals surface area contributed by atoms with E-state index in [1.54, 1.807) is 13.2 Å². The fourth-order valence-corrected chi connectivity index (χ4v) is 2.37. The van der Waals surface area contributed by atoms with Crippen molar-refractivity contribution in [2.45, 2.75) is 46.4 Å². The van der Waals surface area contributed by atoms with Crippen molar-refractivity contribution in [2.75, 3.05) is 7.05 Å². The maximum absolute atomic E-state index is 6.06. The van der Waals surface area contributed by atoms with Gasteiger partial charge in [-0.25, -0.2) is 0 Å². The van der Waals surface area contributed by atoms with Crippen LogP contribution in [0, 0.1) is 6.92 Å². The van der Waals surface area contributed by atoms with Crippen LogP contribution >= 0.6 is 0 Å². The van der Waals surface area contributed by atoms with Gasteiger partial charge in [-0.3, -0.25) is 9.67 Å². The van der Waals surface area contributed by atoms with Gasteiger partial charge in [-0.05, 0) is 38.0 Å². The van der Waals surface area contributed by atoms with Crippen molar-refractivity contribution in [1.29, 1.82) is 0 Å². The maximum Gasteiger partial charge on any atom is 0.191 e. The van der Waals surface area contributed by atoms with E-state index in [0.29, 0.717) is 13.1 Å². The lowest BCUT2D eigenvalue weighted by atomic mass is 10.1. The van der Waals surface area contributed by atoms with E-state index in [9.17, 15) is 0 Å². The summed E-state index contributed by atoms with van der Waals surface area (Å²) in [7, 11) is 3.70. The monoisotopic (exact) mass is 343 g/mol. The Kier molecular flexibility index (Phi) is 6.86. The Morgan fingerprint density at radius 2 is 2.04 bits per heavy atom. The summed E-state index contributed by atoms with van der Waals surface area (Å²) in [5, 5.41) is 10.8. The summed E-state index contributed by atoms with van der Waals surface area (Å²) in [5.41, 5.74) is 3.41. The molecule has 0 aliphatic heterocycles. The van der Waals surface area contributed by atoms with Gasteiger partial charge < -0.3 is 15.4 Å². The van der Waals surface area contributed by atoms with Gasteiger partial charge in [0.15, 0.2) is 5.96 Å².